The number of thioether (sulfide) groups is 1. The molecule has 0 N–H and O–H groups in total. The lowest BCUT2D eigenvalue weighted by molar-refractivity contribution is -0.138. The van der Waals surface area contributed by atoms with Crippen LogP contribution in [0.3, 0.4) is 0 Å². The Balaban J connectivity index is 1.76. The lowest BCUT2D eigenvalue weighted by Gasteiger charge is -2.28. The Morgan fingerprint density at radius 3 is 2.31 bits per heavy atom. The van der Waals surface area contributed by atoms with Crippen LogP contribution in [0.4, 0.5) is 17.6 Å². The zero-order chi connectivity index (χ0) is 49.4. The van der Waals surface area contributed by atoms with E-state index >= 15 is 4.79 Å². The van der Waals surface area contributed by atoms with Gasteiger partial charge in [0.15, 0.2) is 5.16 Å². The summed E-state index contributed by atoms with van der Waals surface area (Å²) in [7, 11) is 0. The van der Waals surface area contributed by atoms with Gasteiger partial charge in [0.2, 0.25) is 5.91 Å². The van der Waals surface area contributed by atoms with Crippen LogP contribution in [-0.4, -0.2) is 51.3 Å². The van der Waals surface area contributed by atoms with Crippen LogP contribution >= 0.6 is 11.8 Å². The maximum atomic E-state index is 15.0. The topological polar surface area (TPSA) is 58.4 Å². The Morgan fingerprint density at radius 2 is 1.65 bits per heavy atom. The van der Waals surface area contributed by atoms with Gasteiger partial charge < -0.3 is 14.4 Å². The Hall–Kier alpha value is -3.96. The molecular weight excluding hydrogens is 640 g/mol. The van der Waals surface area contributed by atoms with Gasteiger partial charge in [-0.2, -0.15) is 18.2 Å². The second-order valence-electron chi connectivity index (χ2n) is 10.4. The van der Waals surface area contributed by atoms with Gasteiger partial charge in [-0.15, -0.1) is 0 Å². The first-order valence-electron chi connectivity index (χ1n) is 23.2. The molecule has 0 radical (unpaired) electrons. The van der Waals surface area contributed by atoms with E-state index in [1.54, 1.807) is 0 Å². The molecule has 0 aliphatic heterocycles. The number of carbonyl (C=O) groups excluding carboxylic acids is 1. The predicted octanol–water partition coefficient (Wildman–Crippen LogP) is 7.53. The van der Waals surface area contributed by atoms with Crippen molar-refractivity contribution in [3.63, 3.8) is 0 Å². The van der Waals surface area contributed by atoms with Gasteiger partial charge in [0.25, 0.3) is 5.56 Å². The maximum Gasteiger partial charge on any atom is 0.416 e. The van der Waals surface area contributed by atoms with Gasteiger partial charge in [-0.1, -0.05) is 73.9 Å². The minimum absolute atomic E-state index is 0.00171. The van der Waals surface area contributed by atoms with Crippen molar-refractivity contribution < 1.29 is 45.7 Å². The van der Waals surface area contributed by atoms with E-state index < -0.39 is 160 Å². The molecule has 0 bridgehead atoms. The Bertz CT molecular complexity index is 2590. The zero-order valence-electron chi connectivity index (χ0n) is 43.0. The summed E-state index contributed by atoms with van der Waals surface area (Å²) in [5, 5.41) is -0.603. The Labute approximate surface area is 306 Å². The number of alkyl halides is 3. The molecule has 48 heavy (non-hydrogen) atoms. The lowest BCUT2D eigenvalue weighted by atomic mass is 9.98. The summed E-state index contributed by atoms with van der Waals surface area (Å²) in [5.41, 5.74) is -6.53. The number of aromatic nitrogens is 2. The van der Waals surface area contributed by atoms with Gasteiger partial charge in [-0.25, -0.2) is 4.39 Å². The van der Waals surface area contributed by atoms with Crippen molar-refractivity contribution in [2.45, 2.75) is 70.2 Å². The first-order chi connectivity index (χ1) is 29.9. The number of rotatable bonds is 13. The van der Waals surface area contributed by atoms with E-state index in [2.05, 4.69) is 4.98 Å². The summed E-state index contributed by atoms with van der Waals surface area (Å²) in [6, 6.07) is -11.8. The number of nitrogens with zero attached hydrogens (tertiary/aromatic N) is 4. The summed E-state index contributed by atoms with van der Waals surface area (Å²) >= 11 is 0.452. The Morgan fingerprint density at radius 1 is 0.979 bits per heavy atom. The molecule has 3 aromatic carbocycles. The SMILES string of the molecule is [2H]c1c([2H])c(CSc2nc(=O)c3c(n2C([2H])([2H])C(=O)N(Cc2c([2H])c([2H])c(-c4c([2H])c([2H])c(C(F)(F)F)c(C)c4[2H])c([2H])c2[2H])C([2H])([2H])C([2H])([2H])N(CC)CC)CCC3)c([2H])c([2H])c1F. The van der Waals surface area contributed by atoms with E-state index in [1.807, 2.05) is 0 Å². The normalized spacial score (nSPS) is 18.8. The molecule has 1 aliphatic carbocycles. The van der Waals surface area contributed by atoms with Gasteiger partial charge in [0.05, 0.1) is 26.1 Å². The standard InChI is InChI=1S/C37H40F4N4O2S/c1-4-43(5-2)19-20-44(22-26-9-13-28(14-10-26)29-15-18-32(25(3)21-29)37(39,40)41)34(46)23-45-33-8-6-7-31(33)35(47)42-36(45)48-24-27-11-16-30(38)17-12-27/h9-18,21H,4-8,19-20,22-24H2,1-3H3/i9D,10D,11D,12D,13D,14D,15D,16D,17D,18D,19D2,20D2,21D,23D2. The highest BCUT2D eigenvalue weighted by atomic mass is 32.2. The van der Waals surface area contributed by atoms with Crippen LogP contribution in [0, 0.1) is 12.7 Å². The zero-order valence-corrected chi connectivity index (χ0v) is 26.8. The van der Waals surface area contributed by atoms with Crippen LogP contribution in [0.2, 0.25) is 0 Å². The monoisotopic (exact) mass is 697 g/mol. The van der Waals surface area contributed by atoms with Crippen molar-refractivity contribution in [3.05, 3.63) is 116 Å². The van der Waals surface area contributed by atoms with Gasteiger partial charge in [0.1, 0.15) is 12.3 Å². The first-order valence-corrected chi connectivity index (χ1v) is 15.7. The highest BCUT2D eigenvalue weighted by Gasteiger charge is 2.32. The fourth-order valence-electron chi connectivity index (χ4n) is 4.71. The molecule has 5 rings (SSSR count). The second-order valence-corrected chi connectivity index (χ2v) is 11.3. The van der Waals surface area contributed by atoms with Gasteiger partial charge in [-0.3, -0.25) is 9.59 Å². The number of likely N-dealkylation sites (N-methyl/N-ethyl adjacent to an activating group) is 1. The molecule has 0 unspecified atom stereocenters. The minimum atomic E-state index is -5.19. The van der Waals surface area contributed by atoms with Crippen molar-refractivity contribution in [3.8, 4) is 11.1 Å². The molecule has 11 heteroatoms. The smallest absolute Gasteiger partial charge is 0.336 e. The Kier molecular flexibility index (Phi) is 6.23. The van der Waals surface area contributed by atoms with Crippen LogP contribution < -0.4 is 5.56 Å². The van der Waals surface area contributed by atoms with E-state index in [0.29, 0.717) is 16.3 Å². The second kappa shape index (κ2) is 15.5. The molecule has 1 heterocycles. The molecule has 1 aliphatic rings. The summed E-state index contributed by atoms with van der Waals surface area (Å²) in [4.78, 5) is 33.2. The molecule has 254 valence electrons. The van der Waals surface area contributed by atoms with Gasteiger partial charge in [0, 0.05) is 39.3 Å². The maximum absolute atomic E-state index is 15.0. The number of halogens is 4. The van der Waals surface area contributed by atoms with Crippen LogP contribution in [-0.2, 0) is 42.6 Å². The molecule has 6 nitrogen and oxygen atoms in total. The average Bonchev–Trinajstić information content (AvgIpc) is 3.72. The predicted molar refractivity (Wildman–Crippen MR) is 181 cm³/mol. The fourth-order valence-corrected chi connectivity index (χ4v) is 5.56. The number of carbonyl (C=O) groups is 1. The highest BCUT2D eigenvalue weighted by molar-refractivity contribution is 7.98. The molecule has 1 aromatic heterocycles. The van der Waals surface area contributed by atoms with Crippen molar-refractivity contribution in [2.75, 3.05) is 26.1 Å². The molecule has 1 amide bonds. The van der Waals surface area contributed by atoms with E-state index in [-0.39, 0.29) is 48.5 Å². The third kappa shape index (κ3) is 8.54. The molecule has 0 fully saturated rings. The quantitative estimate of drug-likeness (QED) is 0.0822. The van der Waals surface area contributed by atoms with Crippen LogP contribution in [0.5, 0.6) is 0 Å². The van der Waals surface area contributed by atoms with Gasteiger partial charge in [-0.05, 0) is 85.2 Å². The van der Waals surface area contributed by atoms with Crippen molar-refractivity contribution in [1.82, 2.24) is 19.4 Å². The molecule has 4 aromatic rings. The summed E-state index contributed by atoms with van der Waals surface area (Å²) < 4.78 is 204. The van der Waals surface area contributed by atoms with E-state index in [0.717, 1.165) is 11.8 Å². The third-order valence-corrected chi connectivity index (χ3v) is 8.15. The third-order valence-electron chi connectivity index (χ3n) is 7.18. The van der Waals surface area contributed by atoms with Gasteiger partial charge >= 0.3 is 6.18 Å². The van der Waals surface area contributed by atoms with Crippen LogP contribution in [0.15, 0.2) is 76.4 Å². The first kappa shape index (κ1) is 19.3. The van der Waals surface area contributed by atoms with E-state index in [4.69, 9.17) is 17.8 Å². The molecule has 0 atom stereocenters. The minimum Gasteiger partial charge on any atom is -0.336 e. The molecular formula is C37H40F4N4O2S. The number of amides is 1. The van der Waals surface area contributed by atoms with Crippen LogP contribution in [0.25, 0.3) is 11.1 Å². The molecule has 0 saturated carbocycles. The molecule has 0 saturated heterocycles. The van der Waals surface area contributed by atoms with E-state index in [9.17, 15) is 27.8 Å². The number of hydrogen-bond acceptors (Lipinski definition) is 5. The number of fused-ring (bicyclic) bond motifs is 1. The summed E-state index contributed by atoms with van der Waals surface area (Å²) in [5.74, 6) is -3.96. The fraction of sp³-hybridized carbons (Fsp3) is 0.378. The number of hydrogen-bond donors (Lipinski definition) is 0. The molecule has 0 spiro atoms. The average molecular weight is 698 g/mol. The number of benzene rings is 3. The van der Waals surface area contributed by atoms with Crippen LogP contribution in [0.1, 0.15) is 77.1 Å². The van der Waals surface area contributed by atoms with Crippen molar-refractivity contribution in [1.29, 1.82) is 0 Å². The summed E-state index contributed by atoms with van der Waals surface area (Å²) in [6.45, 7) is -8.50. The highest BCUT2D eigenvalue weighted by Crippen LogP contribution is 2.34. The lowest BCUT2D eigenvalue weighted by Crippen LogP contribution is -2.40. The van der Waals surface area contributed by atoms with Crippen molar-refractivity contribution in [2.24, 2.45) is 0 Å². The summed E-state index contributed by atoms with van der Waals surface area (Å²) in [6.07, 6.45) is -4.96. The van der Waals surface area contributed by atoms with Crippen molar-refractivity contribution >= 4 is 17.7 Å². The van der Waals surface area contributed by atoms with E-state index in [1.165, 1.54) is 13.8 Å². The largest absolute Gasteiger partial charge is 0.416 e.